The van der Waals surface area contributed by atoms with Crippen molar-refractivity contribution < 1.29 is 24.7 Å². The molecule has 0 bridgehead atoms. The van der Waals surface area contributed by atoms with Crippen LogP contribution in [-0.2, 0) is 9.59 Å². The molecule has 2 atom stereocenters. The smallest absolute Gasteiger partial charge is 0.451 e. The van der Waals surface area contributed by atoms with Crippen LogP contribution in [0.4, 0.5) is 0 Å². The molecule has 1 heterocycles. The lowest BCUT2D eigenvalue weighted by Gasteiger charge is -2.25. The zero-order chi connectivity index (χ0) is 16.3. The van der Waals surface area contributed by atoms with Crippen LogP contribution in [0.3, 0.4) is 0 Å². The molecule has 5 N–H and O–H groups in total. The summed E-state index contributed by atoms with van der Waals surface area (Å²) in [6.07, 6.45) is 4.98. The van der Waals surface area contributed by atoms with E-state index in [1.165, 1.54) is 0 Å². The van der Waals surface area contributed by atoms with Crippen LogP contribution in [0.1, 0.15) is 38.5 Å². The van der Waals surface area contributed by atoms with E-state index >= 15 is 0 Å². The average Bonchev–Trinajstić information content (AvgIpc) is 3.07. The number of amides is 1. The molecule has 7 nitrogen and oxygen atoms in total. The molecule has 2 rings (SSSR count). The van der Waals surface area contributed by atoms with Crippen LogP contribution in [0.5, 0.6) is 0 Å². The van der Waals surface area contributed by atoms with Crippen molar-refractivity contribution in [2.45, 2.75) is 50.4 Å². The third-order valence-corrected chi connectivity index (χ3v) is 5.05. The molecule has 1 saturated carbocycles. The first-order valence-corrected chi connectivity index (χ1v) is 8.02. The minimum atomic E-state index is -1.44. The maximum Gasteiger partial charge on any atom is 0.451 e. The van der Waals surface area contributed by atoms with E-state index in [4.69, 9.17) is 15.8 Å². The van der Waals surface area contributed by atoms with Gasteiger partial charge in [0.15, 0.2) is 0 Å². The Morgan fingerprint density at radius 2 is 1.91 bits per heavy atom. The summed E-state index contributed by atoms with van der Waals surface area (Å²) in [6.45, 7) is 0.393. The lowest BCUT2D eigenvalue weighted by molar-refractivity contribution is -0.144. The van der Waals surface area contributed by atoms with Crippen molar-refractivity contribution in [2.24, 2.45) is 17.6 Å². The van der Waals surface area contributed by atoms with Gasteiger partial charge in [0.25, 0.3) is 0 Å². The highest BCUT2D eigenvalue weighted by Crippen LogP contribution is 2.34. The Morgan fingerprint density at radius 1 is 1.27 bits per heavy atom. The van der Waals surface area contributed by atoms with Gasteiger partial charge in [-0.05, 0) is 25.6 Å². The minimum absolute atomic E-state index is 0.0102. The molecule has 0 aromatic heterocycles. The molecule has 1 aliphatic heterocycles. The predicted molar refractivity (Wildman–Crippen MR) is 80.8 cm³/mol. The maximum atomic E-state index is 12.5. The normalized spacial score (nSPS) is 29.0. The van der Waals surface area contributed by atoms with Crippen LogP contribution in [0.25, 0.3) is 0 Å². The molecule has 0 aromatic carbocycles. The maximum absolute atomic E-state index is 12.5. The van der Waals surface area contributed by atoms with Crippen LogP contribution in [-0.4, -0.2) is 57.7 Å². The number of likely N-dealkylation sites (tertiary alicyclic amines) is 1. The van der Waals surface area contributed by atoms with Gasteiger partial charge in [0, 0.05) is 24.9 Å². The monoisotopic (exact) mass is 312 g/mol. The van der Waals surface area contributed by atoms with E-state index in [0.29, 0.717) is 19.4 Å². The first kappa shape index (κ1) is 17.2. The Hall–Kier alpha value is -1.12. The topological polar surface area (TPSA) is 124 Å². The fourth-order valence-corrected chi connectivity index (χ4v) is 3.68. The van der Waals surface area contributed by atoms with Crippen molar-refractivity contribution >= 4 is 19.0 Å². The molecule has 2 fully saturated rings. The van der Waals surface area contributed by atoms with Gasteiger partial charge in [-0.2, -0.15) is 0 Å². The Kier molecular flexibility index (Phi) is 5.47. The van der Waals surface area contributed by atoms with Crippen molar-refractivity contribution in [1.82, 2.24) is 4.90 Å². The summed E-state index contributed by atoms with van der Waals surface area (Å²) in [5, 5.41) is 27.2. The van der Waals surface area contributed by atoms with Crippen LogP contribution >= 0.6 is 0 Å². The van der Waals surface area contributed by atoms with Crippen LogP contribution in [0.15, 0.2) is 0 Å². The highest BCUT2D eigenvalue weighted by atomic mass is 16.4. The predicted octanol–water partition coefficient (Wildman–Crippen LogP) is -0.330. The number of nitrogens with zero attached hydrogens (tertiary/aromatic N) is 1. The second-order valence-electron chi connectivity index (χ2n) is 6.65. The van der Waals surface area contributed by atoms with Gasteiger partial charge in [0.1, 0.15) is 5.54 Å². The number of carbonyl (C=O) groups excluding carboxylic acids is 1. The SMILES string of the molecule is N[C@@]1(C(=O)O)CN(C(=O)C2CCCC2)C[C@@H]1CCCB(O)O. The second kappa shape index (κ2) is 6.98. The summed E-state index contributed by atoms with van der Waals surface area (Å²) in [6, 6.07) is 0. The Bertz CT molecular complexity index is 427. The van der Waals surface area contributed by atoms with Gasteiger partial charge < -0.3 is 25.8 Å². The van der Waals surface area contributed by atoms with Gasteiger partial charge in [-0.3, -0.25) is 9.59 Å². The van der Waals surface area contributed by atoms with Gasteiger partial charge in [-0.25, -0.2) is 0 Å². The summed E-state index contributed by atoms with van der Waals surface area (Å²) in [4.78, 5) is 25.6. The summed E-state index contributed by atoms with van der Waals surface area (Å²) in [5.74, 6) is -1.41. The van der Waals surface area contributed by atoms with Crippen molar-refractivity contribution in [3.8, 4) is 0 Å². The van der Waals surface area contributed by atoms with E-state index in [-0.39, 0.29) is 30.6 Å². The molecular formula is C14H25BN2O5. The van der Waals surface area contributed by atoms with Crippen LogP contribution < -0.4 is 5.73 Å². The highest BCUT2D eigenvalue weighted by molar-refractivity contribution is 6.40. The van der Waals surface area contributed by atoms with Crippen molar-refractivity contribution in [3.63, 3.8) is 0 Å². The average molecular weight is 312 g/mol. The first-order valence-electron chi connectivity index (χ1n) is 8.02. The largest absolute Gasteiger partial charge is 0.480 e. The lowest BCUT2D eigenvalue weighted by atomic mass is 9.78. The fourth-order valence-electron chi connectivity index (χ4n) is 3.68. The van der Waals surface area contributed by atoms with Gasteiger partial charge in [0.05, 0.1) is 0 Å². The Morgan fingerprint density at radius 3 is 2.45 bits per heavy atom. The summed E-state index contributed by atoms with van der Waals surface area (Å²) in [7, 11) is -1.39. The number of hydrogen-bond acceptors (Lipinski definition) is 5. The van der Waals surface area contributed by atoms with Gasteiger partial charge in [-0.1, -0.05) is 19.3 Å². The van der Waals surface area contributed by atoms with E-state index in [9.17, 15) is 14.7 Å². The van der Waals surface area contributed by atoms with E-state index in [1.807, 2.05) is 0 Å². The third-order valence-electron chi connectivity index (χ3n) is 5.05. The zero-order valence-electron chi connectivity index (χ0n) is 12.8. The van der Waals surface area contributed by atoms with E-state index in [0.717, 1.165) is 25.7 Å². The van der Waals surface area contributed by atoms with Crippen molar-refractivity contribution in [1.29, 1.82) is 0 Å². The molecule has 0 spiro atoms. The first-order chi connectivity index (χ1) is 10.3. The molecule has 0 radical (unpaired) electrons. The molecule has 0 unspecified atom stereocenters. The molecular weight excluding hydrogens is 287 g/mol. The standard InChI is InChI=1S/C14H25BN2O5/c16-14(13(19)20)9-17(12(18)10-4-1-2-5-10)8-11(14)6-3-7-15(21)22/h10-11,21-22H,1-9,16H2,(H,19,20)/t11-,14-/m0/s1. The molecule has 1 amide bonds. The van der Waals surface area contributed by atoms with E-state index in [1.54, 1.807) is 4.90 Å². The number of carbonyl (C=O) groups is 2. The van der Waals surface area contributed by atoms with Gasteiger partial charge >= 0.3 is 13.1 Å². The van der Waals surface area contributed by atoms with Gasteiger partial charge in [0.2, 0.25) is 5.91 Å². The Balaban J connectivity index is 2.01. The molecule has 1 aliphatic carbocycles. The number of nitrogens with two attached hydrogens (primary N) is 1. The zero-order valence-corrected chi connectivity index (χ0v) is 12.8. The quantitative estimate of drug-likeness (QED) is 0.498. The molecule has 2 aliphatic rings. The van der Waals surface area contributed by atoms with Gasteiger partial charge in [-0.15, -0.1) is 0 Å². The fraction of sp³-hybridized carbons (Fsp3) is 0.857. The highest BCUT2D eigenvalue weighted by Gasteiger charge is 2.51. The molecule has 22 heavy (non-hydrogen) atoms. The number of hydrogen-bond donors (Lipinski definition) is 4. The summed E-state index contributed by atoms with van der Waals surface area (Å²) in [5.41, 5.74) is 4.64. The molecule has 1 saturated heterocycles. The van der Waals surface area contributed by atoms with Crippen molar-refractivity contribution in [2.75, 3.05) is 13.1 Å². The number of carboxylic acids is 1. The second-order valence-corrected chi connectivity index (χ2v) is 6.65. The lowest BCUT2D eigenvalue weighted by Crippen LogP contribution is -2.55. The molecule has 0 aromatic rings. The van der Waals surface area contributed by atoms with E-state index in [2.05, 4.69) is 0 Å². The summed E-state index contributed by atoms with van der Waals surface area (Å²) < 4.78 is 0. The third kappa shape index (κ3) is 3.61. The van der Waals surface area contributed by atoms with E-state index < -0.39 is 18.6 Å². The number of rotatable bonds is 6. The number of aliphatic carboxylic acids is 1. The van der Waals surface area contributed by atoms with Crippen LogP contribution in [0, 0.1) is 11.8 Å². The Labute approximate surface area is 130 Å². The van der Waals surface area contributed by atoms with Crippen molar-refractivity contribution in [3.05, 3.63) is 0 Å². The minimum Gasteiger partial charge on any atom is -0.480 e. The molecule has 8 heteroatoms. The molecule has 124 valence electrons. The van der Waals surface area contributed by atoms with Crippen LogP contribution in [0.2, 0.25) is 6.32 Å². The number of carboxylic acid groups (broad SMARTS) is 1. The summed E-state index contributed by atoms with van der Waals surface area (Å²) >= 11 is 0.